The number of aliphatic carboxylic acids is 1. The van der Waals surface area contributed by atoms with Crippen LogP contribution in [0.1, 0.15) is 69.0 Å². The van der Waals surface area contributed by atoms with Gasteiger partial charge in [-0.2, -0.15) is 0 Å². The third kappa shape index (κ3) is 6.14. The topological polar surface area (TPSA) is 104 Å². The van der Waals surface area contributed by atoms with Crippen molar-refractivity contribution >= 4 is 45.1 Å². The molecule has 4 unspecified atom stereocenters. The van der Waals surface area contributed by atoms with Gasteiger partial charge in [0, 0.05) is 28.5 Å². The van der Waals surface area contributed by atoms with Gasteiger partial charge in [-0.3, -0.25) is 9.59 Å². The first-order valence-electron chi connectivity index (χ1n) is 12.5. The number of rotatable bonds is 10. The second kappa shape index (κ2) is 10.9. The predicted molar refractivity (Wildman–Crippen MR) is 144 cm³/mol. The molecule has 2 aromatic carbocycles. The van der Waals surface area contributed by atoms with Crippen LogP contribution in [-0.4, -0.2) is 48.1 Å². The molecule has 10 heteroatoms. The van der Waals surface area contributed by atoms with Gasteiger partial charge in [-0.25, -0.2) is 13.1 Å². The minimum Gasteiger partial charge on any atom is -0.481 e. The maximum atomic E-state index is 14.2. The molecule has 0 spiro atoms. The Balaban J connectivity index is 1.83. The molecule has 4 rings (SSSR count). The number of carbonyl (C=O) groups is 2. The highest BCUT2D eigenvalue weighted by Gasteiger charge is 2.52. The molecule has 1 saturated carbocycles. The third-order valence-electron chi connectivity index (χ3n) is 7.48. The van der Waals surface area contributed by atoms with Crippen molar-refractivity contribution in [2.75, 3.05) is 6.54 Å². The van der Waals surface area contributed by atoms with E-state index in [9.17, 15) is 23.1 Å². The van der Waals surface area contributed by atoms with Gasteiger partial charge in [0.15, 0.2) is 0 Å². The Hall–Kier alpha value is -2.13. The summed E-state index contributed by atoms with van der Waals surface area (Å²) in [5.74, 6) is -1.64. The molecule has 4 atom stereocenters. The lowest BCUT2D eigenvalue weighted by Gasteiger charge is -2.52. The van der Waals surface area contributed by atoms with Gasteiger partial charge in [-0.15, -0.1) is 0 Å². The lowest BCUT2D eigenvalue weighted by Crippen LogP contribution is -2.58. The molecule has 1 aliphatic heterocycles. The van der Waals surface area contributed by atoms with Crippen LogP contribution < -0.4 is 4.72 Å². The van der Waals surface area contributed by atoms with Crippen LogP contribution in [0.4, 0.5) is 0 Å². The molecular weight excluding hydrogens is 535 g/mol. The first kappa shape index (κ1) is 27.9. The SMILES string of the molecule is CCC(CNS(=O)(=O)C1CC1)N1C(=O)C(C)(CC(=O)O)CC(c2cccc(Cl)c2)C1c1ccc(Cl)cc1. The molecule has 1 aliphatic carbocycles. The summed E-state index contributed by atoms with van der Waals surface area (Å²) in [6.07, 6.45) is 1.71. The van der Waals surface area contributed by atoms with Gasteiger partial charge in [-0.05, 0) is 61.1 Å². The summed E-state index contributed by atoms with van der Waals surface area (Å²) >= 11 is 12.5. The number of halogens is 2. The van der Waals surface area contributed by atoms with Gasteiger partial charge in [-0.1, -0.05) is 61.3 Å². The number of piperidine rings is 1. The van der Waals surface area contributed by atoms with Crippen LogP contribution in [-0.2, 0) is 19.6 Å². The molecule has 0 aromatic heterocycles. The van der Waals surface area contributed by atoms with Gasteiger partial charge in [0.2, 0.25) is 15.9 Å². The lowest BCUT2D eigenvalue weighted by molar-refractivity contribution is -0.160. The minimum atomic E-state index is -3.47. The standard InChI is InChI=1S/C27H32Cl2N2O5S/c1-3-21(16-30-37(35,36)22-11-12-22)31-25(17-7-9-19(28)10-8-17)23(18-5-4-6-20(29)13-18)14-27(2,26(31)34)15-24(32)33/h4-10,13,21-23,25,30H,3,11-12,14-16H2,1-2H3,(H,32,33). The van der Waals surface area contributed by atoms with Crippen molar-refractivity contribution in [1.29, 1.82) is 0 Å². The third-order valence-corrected chi connectivity index (χ3v) is 9.88. The van der Waals surface area contributed by atoms with Crippen molar-refractivity contribution in [3.05, 3.63) is 69.7 Å². The maximum Gasteiger partial charge on any atom is 0.304 e. The molecule has 1 saturated heterocycles. The Morgan fingerprint density at radius 1 is 1.14 bits per heavy atom. The van der Waals surface area contributed by atoms with Crippen molar-refractivity contribution in [2.24, 2.45) is 5.41 Å². The molecule has 1 amide bonds. The molecule has 200 valence electrons. The second-order valence-electron chi connectivity index (χ2n) is 10.4. The van der Waals surface area contributed by atoms with Crippen LogP contribution >= 0.6 is 23.2 Å². The Labute approximate surface area is 228 Å². The molecule has 7 nitrogen and oxygen atoms in total. The van der Waals surface area contributed by atoms with Crippen LogP contribution in [0.25, 0.3) is 0 Å². The van der Waals surface area contributed by atoms with Gasteiger partial charge in [0.1, 0.15) is 0 Å². The number of hydrogen-bond acceptors (Lipinski definition) is 4. The summed E-state index contributed by atoms with van der Waals surface area (Å²) in [6.45, 7) is 3.64. The quantitative estimate of drug-likeness (QED) is 0.401. The van der Waals surface area contributed by atoms with Gasteiger partial charge in [0.25, 0.3) is 0 Å². The van der Waals surface area contributed by atoms with Crippen molar-refractivity contribution < 1.29 is 23.1 Å². The van der Waals surface area contributed by atoms with Crippen LogP contribution in [0.2, 0.25) is 10.0 Å². The fraction of sp³-hybridized carbons (Fsp3) is 0.481. The zero-order chi connectivity index (χ0) is 27.0. The highest BCUT2D eigenvalue weighted by atomic mass is 35.5. The number of carboxylic acids is 1. The van der Waals surface area contributed by atoms with Gasteiger partial charge < -0.3 is 10.0 Å². The Kier molecular flexibility index (Phi) is 8.24. The van der Waals surface area contributed by atoms with E-state index in [2.05, 4.69) is 4.72 Å². The number of benzene rings is 2. The number of amides is 1. The lowest BCUT2D eigenvalue weighted by atomic mass is 9.67. The number of carbonyl (C=O) groups excluding carboxylic acids is 1. The number of nitrogens with one attached hydrogen (secondary N) is 1. The van der Waals surface area contributed by atoms with Gasteiger partial charge >= 0.3 is 5.97 Å². The molecule has 2 aromatic rings. The van der Waals surface area contributed by atoms with E-state index in [0.29, 0.717) is 35.7 Å². The maximum absolute atomic E-state index is 14.2. The van der Waals surface area contributed by atoms with E-state index < -0.39 is 33.5 Å². The minimum absolute atomic E-state index is 0.0522. The van der Waals surface area contributed by atoms with E-state index in [1.54, 1.807) is 30.0 Å². The van der Waals surface area contributed by atoms with Crippen molar-refractivity contribution in [3.8, 4) is 0 Å². The van der Waals surface area contributed by atoms with E-state index in [-0.39, 0.29) is 30.0 Å². The van der Waals surface area contributed by atoms with Crippen LogP contribution in [0, 0.1) is 5.41 Å². The number of nitrogens with zero attached hydrogens (tertiary/aromatic N) is 1. The Morgan fingerprint density at radius 3 is 2.38 bits per heavy atom. The van der Waals surface area contributed by atoms with E-state index in [1.807, 2.05) is 37.3 Å². The van der Waals surface area contributed by atoms with Crippen molar-refractivity contribution in [2.45, 2.75) is 69.2 Å². The Morgan fingerprint density at radius 2 is 1.81 bits per heavy atom. The number of hydrogen-bond donors (Lipinski definition) is 2. The molecule has 37 heavy (non-hydrogen) atoms. The molecule has 2 fully saturated rings. The van der Waals surface area contributed by atoms with Crippen molar-refractivity contribution in [3.63, 3.8) is 0 Å². The van der Waals surface area contributed by atoms with E-state index >= 15 is 0 Å². The highest BCUT2D eigenvalue weighted by molar-refractivity contribution is 7.90. The first-order chi connectivity index (χ1) is 17.4. The predicted octanol–water partition coefficient (Wildman–Crippen LogP) is 5.39. The van der Waals surface area contributed by atoms with Gasteiger partial charge in [0.05, 0.1) is 23.1 Å². The van der Waals surface area contributed by atoms with Crippen molar-refractivity contribution in [1.82, 2.24) is 9.62 Å². The zero-order valence-electron chi connectivity index (χ0n) is 20.9. The van der Waals surface area contributed by atoms with E-state index in [4.69, 9.17) is 23.2 Å². The molecule has 0 radical (unpaired) electrons. The van der Waals surface area contributed by atoms with Crippen LogP contribution in [0.5, 0.6) is 0 Å². The van der Waals surface area contributed by atoms with Crippen LogP contribution in [0.15, 0.2) is 48.5 Å². The molecule has 0 bridgehead atoms. The fourth-order valence-electron chi connectivity index (χ4n) is 5.43. The smallest absolute Gasteiger partial charge is 0.304 e. The largest absolute Gasteiger partial charge is 0.481 e. The summed E-state index contributed by atoms with van der Waals surface area (Å²) in [5.41, 5.74) is 0.531. The monoisotopic (exact) mass is 566 g/mol. The summed E-state index contributed by atoms with van der Waals surface area (Å²) in [4.78, 5) is 27.8. The first-order valence-corrected chi connectivity index (χ1v) is 14.8. The number of carboxylic acid groups (broad SMARTS) is 1. The number of likely N-dealkylation sites (tertiary alicyclic amines) is 1. The van der Waals surface area contributed by atoms with E-state index in [0.717, 1.165) is 11.1 Å². The molecular formula is C27H32Cl2N2O5S. The average Bonchev–Trinajstić information content (AvgIpc) is 3.68. The second-order valence-corrected chi connectivity index (χ2v) is 13.3. The highest BCUT2D eigenvalue weighted by Crippen LogP contribution is 2.52. The molecule has 2 N–H and O–H groups in total. The summed E-state index contributed by atoms with van der Waals surface area (Å²) in [6, 6.07) is 13.7. The molecule has 2 aliphatic rings. The summed E-state index contributed by atoms with van der Waals surface area (Å²) in [7, 11) is -3.47. The van der Waals surface area contributed by atoms with E-state index in [1.165, 1.54) is 0 Å². The average molecular weight is 568 g/mol. The Bertz CT molecular complexity index is 1270. The normalized spacial score (nSPS) is 25.2. The fourth-order valence-corrected chi connectivity index (χ4v) is 7.17. The number of sulfonamides is 1. The summed E-state index contributed by atoms with van der Waals surface area (Å²) in [5, 5.41) is 10.4. The van der Waals surface area contributed by atoms with Crippen LogP contribution in [0.3, 0.4) is 0 Å². The zero-order valence-corrected chi connectivity index (χ0v) is 23.2. The summed E-state index contributed by atoms with van der Waals surface area (Å²) < 4.78 is 28.0. The molecule has 1 heterocycles.